The van der Waals surface area contributed by atoms with E-state index < -0.39 is 16.8 Å². The summed E-state index contributed by atoms with van der Waals surface area (Å²) in [6.45, 7) is 3.66. The summed E-state index contributed by atoms with van der Waals surface area (Å²) in [5.74, 6) is -0.215. The summed E-state index contributed by atoms with van der Waals surface area (Å²) in [6, 6.07) is 15.5. The summed E-state index contributed by atoms with van der Waals surface area (Å²) in [7, 11) is 1.53. The summed E-state index contributed by atoms with van der Waals surface area (Å²) < 4.78 is 16.9. The van der Waals surface area contributed by atoms with Crippen molar-refractivity contribution in [3.63, 3.8) is 0 Å². The van der Waals surface area contributed by atoms with Gasteiger partial charge >= 0.3 is 5.97 Å². The molecule has 0 radical (unpaired) electrons. The van der Waals surface area contributed by atoms with Crippen LogP contribution < -0.4 is 19.5 Å². The zero-order valence-electron chi connectivity index (χ0n) is 20.6. The van der Waals surface area contributed by atoms with Crippen LogP contribution in [0.4, 0.5) is 11.4 Å². The standard InChI is InChI=1S/C27H22IN3O7/c1-4-37-24-14-17(13-22(28)25(24)38-27(33)18-5-8-21(36-3)9-6-18)12-19(15-29)26(32)30-23-10-7-20(31(34)35)11-16(23)2/h5-14H,4H2,1-3H3,(H,30,32)/b19-12-. The molecule has 0 heterocycles. The number of rotatable bonds is 9. The summed E-state index contributed by atoms with van der Waals surface area (Å²) in [5.41, 5.74) is 1.28. The molecule has 3 aromatic rings. The third-order valence-corrected chi connectivity index (χ3v) is 6.00. The number of hydrogen-bond acceptors (Lipinski definition) is 8. The van der Waals surface area contributed by atoms with E-state index in [1.807, 2.05) is 28.7 Å². The van der Waals surface area contributed by atoms with E-state index in [-0.39, 0.29) is 29.4 Å². The van der Waals surface area contributed by atoms with Crippen molar-refractivity contribution in [2.75, 3.05) is 19.0 Å². The molecule has 0 aliphatic heterocycles. The molecule has 1 N–H and O–H groups in total. The average molecular weight is 627 g/mol. The fourth-order valence-electron chi connectivity index (χ4n) is 3.32. The first kappa shape index (κ1) is 28.1. The van der Waals surface area contributed by atoms with Crippen LogP contribution in [0.1, 0.15) is 28.4 Å². The number of ether oxygens (including phenoxy) is 3. The molecule has 0 fully saturated rings. The van der Waals surface area contributed by atoms with E-state index in [0.717, 1.165) is 0 Å². The Balaban J connectivity index is 1.87. The lowest BCUT2D eigenvalue weighted by atomic mass is 10.1. The molecular formula is C27H22IN3O7. The van der Waals surface area contributed by atoms with E-state index in [0.29, 0.717) is 31.7 Å². The third-order valence-electron chi connectivity index (χ3n) is 5.20. The fraction of sp³-hybridized carbons (Fsp3) is 0.148. The first-order valence-electron chi connectivity index (χ1n) is 11.2. The highest BCUT2D eigenvalue weighted by Crippen LogP contribution is 2.36. The Bertz CT molecular complexity index is 1460. The maximum atomic E-state index is 12.8. The van der Waals surface area contributed by atoms with Crippen LogP contribution in [0.3, 0.4) is 0 Å². The molecule has 0 spiro atoms. The molecule has 0 saturated carbocycles. The van der Waals surface area contributed by atoms with Crippen molar-refractivity contribution in [2.24, 2.45) is 0 Å². The van der Waals surface area contributed by atoms with Crippen molar-refractivity contribution in [1.82, 2.24) is 0 Å². The molecule has 0 unspecified atom stereocenters. The van der Waals surface area contributed by atoms with Gasteiger partial charge in [0.25, 0.3) is 11.6 Å². The Morgan fingerprint density at radius 3 is 2.45 bits per heavy atom. The number of anilines is 1. The maximum absolute atomic E-state index is 12.8. The van der Waals surface area contributed by atoms with E-state index in [4.69, 9.17) is 14.2 Å². The predicted molar refractivity (Wildman–Crippen MR) is 148 cm³/mol. The Labute approximate surface area is 232 Å². The van der Waals surface area contributed by atoms with Crippen LogP contribution in [0.2, 0.25) is 0 Å². The molecule has 0 aliphatic carbocycles. The van der Waals surface area contributed by atoms with E-state index in [1.165, 1.54) is 31.4 Å². The zero-order valence-corrected chi connectivity index (χ0v) is 22.8. The molecule has 1 amide bonds. The van der Waals surface area contributed by atoms with Gasteiger partial charge in [-0.25, -0.2) is 4.79 Å². The smallest absolute Gasteiger partial charge is 0.343 e. The molecule has 3 aromatic carbocycles. The topological polar surface area (TPSA) is 141 Å². The first-order chi connectivity index (χ1) is 18.2. The number of esters is 1. The quantitative estimate of drug-likeness (QED) is 0.0608. The molecule has 0 bridgehead atoms. The summed E-state index contributed by atoms with van der Waals surface area (Å²) >= 11 is 1.98. The number of nitrogens with one attached hydrogen (secondary N) is 1. The van der Waals surface area contributed by atoms with Crippen LogP contribution in [-0.4, -0.2) is 30.5 Å². The van der Waals surface area contributed by atoms with Crippen molar-refractivity contribution in [2.45, 2.75) is 13.8 Å². The number of aryl methyl sites for hydroxylation is 1. The molecular weight excluding hydrogens is 605 g/mol. The van der Waals surface area contributed by atoms with Gasteiger partial charge in [0.15, 0.2) is 11.5 Å². The van der Waals surface area contributed by atoms with Crippen molar-refractivity contribution < 1.29 is 28.7 Å². The van der Waals surface area contributed by atoms with Gasteiger partial charge in [0, 0.05) is 17.8 Å². The fourth-order valence-corrected chi connectivity index (χ4v) is 4.05. The molecule has 0 aromatic heterocycles. The average Bonchev–Trinajstić information content (AvgIpc) is 2.90. The Morgan fingerprint density at radius 2 is 1.87 bits per heavy atom. The van der Waals surface area contributed by atoms with E-state index in [1.54, 1.807) is 50.2 Å². The highest BCUT2D eigenvalue weighted by Gasteiger charge is 2.19. The number of nitriles is 1. The molecule has 11 heteroatoms. The molecule has 10 nitrogen and oxygen atoms in total. The molecule has 0 atom stereocenters. The molecule has 0 aliphatic rings. The number of non-ortho nitro benzene ring substituents is 1. The highest BCUT2D eigenvalue weighted by atomic mass is 127. The van der Waals surface area contributed by atoms with Gasteiger partial charge in [-0.2, -0.15) is 5.26 Å². The minimum absolute atomic E-state index is 0.109. The van der Waals surface area contributed by atoms with Gasteiger partial charge in [-0.05, 0) is 96.1 Å². The number of nitro groups is 1. The normalized spacial score (nSPS) is 10.8. The molecule has 0 saturated heterocycles. The Morgan fingerprint density at radius 1 is 1.16 bits per heavy atom. The van der Waals surface area contributed by atoms with Gasteiger partial charge in [0.1, 0.15) is 17.4 Å². The van der Waals surface area contributed by atoms with Crippen molar-refractivity contribution in [3.8, 4) is 23.3 Å². The van der Waals surface area contributed by atoms with Crippen molar-refractivity contribution in [1.29, 1.82) is 5.26 Å². The number of amides is 1. The number of hydrogen-bond donors (Lipinski definition) is 1. The number of benzene rings is 3. The van der Waals surface area contributed by atoms with Crippen LogP contribution >= 0.6 is 22.6 Å². The van der Waals surface area contributed by atoms with Gasteiger partial charge in [-0.1, -0.05) is 0 Å². The monoisotopic (exact) mass is 627 g/mol. The van der Waals surface area contributed by atoms with Crippen molar-refractivity contribution in [3.05, 3.63) is 90.5 Å². The van der Waals surface area contributed by atoms with Crippen LogP contribution in [0.5, 0.6) is 17.2 Å². The number of carbonyl (C=O) groups is 2. The molecule has 194 valence electrons. The van der Waals surface area contributed by atoms with Gasteiger partial charge in [-0.3, -0.25) is 14.9 Å². The van der Waals surface area contributed by atoms with Gasteiger partial charge < -0.3 is 19.5 Å². The van der Waals surface area contributed by atoms with Gasteiger partial charge in [0.05, 0.1) is 27.8 Å². The first-order valence-corrected chi connectivity index (χ1v) is 12.3. The second-order valence-electron chi connectivity index (χ2n) is 7.76. The molecule has 38 heavy (non-hydrogen) atoms. The van der Waals surface area contributed by atoms with E-state index in [9.17, 15) is 25.0 Å². The second kappa shape index (κ2) is 12.7. The van der Waals surface area contributed by atoms with Crippen LogP contribution in [0.25, 0.3) is 6.08 Å². The highest BCUT2D eigenvalue weighted by molar-refractivity contribution is 14.1. The number of halogens is 1. The number of methoxy groups -OCH3 is 1. The van der Waals surface area contributed by atoms with E-state index >= 15 is 0 Å². The van der Waals surface area contributed by atoms with Crippen LogP contribution in [0.15, 0.2) is 60.2 Å². The Kier molecular flexibility index (Phi) is 9.39. The Hall–Kier alpha value is -4.44. The zero-order chi connectivity index (χ0) is 27.8. The number of nitro benzene ring substituents is 1. The summed E-state index contributed by atoms with van der Waals surface area (Å²) in [6.07, 6.45) is 1.37. The largest absolute Gasteiger partial charge is 0.497 e. The lowest BCUT2D eigenvalue weighted by Crippen LogP contribution is -2.14. The maximum Gasteiger partial charge on any atom is 0.343 e. The van der Waals surface area contributed by atoms with Crippen molar-refractivity contribution >= 4 is 51.9 Å². The summed E-state index contributed by atoms with van der Waals surface area (Å²) in [5, 5.41) is 23.2. The van der Waals surface area contributed by atoms with Crippen LogP contribution in [-0.2, 0) is 4.79 Å². The summed E-state index contributed by atoms with van der Waals surface area (Å²) in [4.78, 5) is 35.9. The minimum Gasteiger partial charge on any atom is -0.497 e. The third kappa shape index (κ3) is 6.86. The SMILES string of the molecule is CCOc1cc(/C=C(/C#N)C(=O)Nc2ccc([N+](=O)[O-])cc2C)cc(I)c1OC(=O)c1ccc(OC)cc1. The lowest BCUT2D eigenvalue weighted by Gasteiger charge is -2.14. The lowest BCUT2D eigenvalue weighted by molar-refractivity contribution is -0.384. The second-order valence-corrected chi connectivity index (χ2v) is 8.92. The van der Waals surface area contributed by atoms with Gasteiger partial charge in [-0.15, -0.1) is 0 Å². The van der Waals surface area contributed by atoms with Gasteiger partial charge in [0.2, 0.25) is 0 Å². The minimum atomic E-state index is -0.688. The predicted octanol–water partition coefficient (Wildman–Crippen LogP) is 5.68. The van der Waals surface area contributed by atoms with Crippen LogP contribution in [0, 0.1) is 31.9 Å². The molecule has 3 rings (SSSR count). The number of nitrogens with zero attached hydrogens (tertiary/aromatic N) is 2. The van der Waals surface area contributed by atoms with E-state index in [2.05, 4.69) is 5.32 Å². The number of carbonyl (C=O) groups excluding carboxylic acids is 2.